The van der Waals surface area contributed by atoms with Crippen molar-refractivity contribution in [1.29, 1.82) is 0 Å². The summed E-state index contributed by atoms with van der Waals surface area (Å²) >= 11 is 0. The third kappa shape index (κ3) is 5.73. The third-order valence-corrected chi connectivity index (χ3v) is 5.04. The fraction of sp³-hybridized carbons (Fsp3) is 0.524. The van der Waals surface area contributed by atoms with Gasteiger partial charge in [0.05, 0.1) is 17.8 Å². The van der Waals surface area contributed by atoms with Crippen molar-refractivity contribution >= 4 is 23.5 Å². The molecule has 7 heteroatoms. The number of carboxylic acid groups (broad SMARTS) is 1. The molecular formula is C21H28O7. The number of rotatable bonds is 10. The number of ketones is 2. The molecule has 0 aliphatic heterocycles. The Morgan fingerprint density at radius 2 is 1.82 bits per heavy atom. The highest BCUT2D eigenvalue weighted by atomic mass is 16.5. The first kappa shape index (κ1) is 23.5. The zero-order valence-electron chi connectivity index (χ0n) is 16.6. The van der Waals surface area contributed by atoms with Gasteiger partial charge in [0.25, 0.3) is 0 Å². The summed E-state index contributed by atoms with van der Waals surface area (Å²) in [6.45, 7) is 10.9. The van der Waals surface area contributed by atoms with Crippen LogP contribution in [0.2, 0.25) is 0 Å². The molecule has 0 spiro atoms. The molecule has 0 radical (unpaired) electrons. The normalized spacial score (nSPS) is 21.9. The lowest BCUT2D eigenvalue weighted by Crippen LogP contribution is -2.48. The second kappa shape index (κ2) is 9.59. The van der Waals surface area contributed by atoms with Crippen molar-refractivity contribution in [1.82, 2.24) is 0 Å². The summed E-state index contributed by atoms with van der Waals surface area (Å²) in [6.07, 6.45) is 3.57. The van der Waals surface area contributed by atoms with Crippen LogP contribution in [0, 0.1) is 17.8 Å². The maximum atomic E-state index is 12.5. The summed E-state index contributed by atoms with van der Waals surface area (Å²) in [6, 6.07) is 0. The number of allylic oxidation sites excluding steroid dienone is 3. The van der Waals surface area contributed by atoms with Gasteiger partial charge in [-0.05, 0) is 37.8 Å². The van der Waals surface area contributed by atoms with Crippen LogP contribution in [0.1, 0.15) is 40.0 Å². The van der Waals surface area contributed by atoms with Crippen LogP contribution in [0.3, 0.4) is 0 Å². The van der Waals surface area contributed by atoms with Gasteiger partial charge in [-0.3, -0.25) is 19.2 Å². The Morgan fingerprint density at radius 3 is 2.32 bits per heavy atom. The number of esters is 1. The third-order valence-electron chi connectivity index (χ3n) is 5.04. The Balaban J connectivity index is 3.02. The molecule has 7 nitrogen and oxygen atoms in total. The van der Waals surface area contributed by atoms with Crippen LogP contribution in [-0.2, 0) is 23.9 Å². The number of hydrogen-bond donors (Lipinski definition) is 2. The Labute approximate surface area is 164 Å². The monoisotopic (exact) mass is 392 g/mol. The summed E-state index contributed by atoms with van der Waals surface area (Å²) < 4.78 is 5.19. The molecule has 1 aliphatic rings. The fourth-order valence-corrected chi connectivity index (χ4v) is 3.02. The Morgan fingerprint density at radius 1 is 1.21 bits per heavy atom. The first-order valence-corrected chi connectivity index (χ1v) is 9.07. The summed E-state index contributed by atoms with van der Waals surface area (Å²) in [5.41, 5.74) is -1.57. The molecule has 1 rings (SSSR count). The number of aliphatic carboxylic acids is 1. The molecule has 0 bridgehead atoms. The van der Waals surface area contributed by atoms with Crippen LogP contribution < -0.4 is 0 Å². The molecule has 0 aromatic heterocycles. The minimum atomic E-state index is -1.96. The van der Waals surface area contributed by atoms with Crippen molar-refractivity contribution < 1.29 is 34.1 Å². The highest BCUT2D eigenvalue weighted by Gasteiger charge is 2.43. The van der Waals surface area contributed by atoms with Crippen molar-refractivity contribution in [2.45, 2.75) is 45.6 Å². The maximum Gasteiger partial charge on any atom is 0.313 e. The van der Waals surface area contributed by atoms with Gasteiger partial charge in [-0.25, -0.2) is 0 Å². The smallest absolute Gasteiger partial charge is 0.313 e. The number of carbonyl (C=O) groups is 4. The van der Waals surface area contributed by atoms with Crippen LogP contribution in [0.15, 0.2) is 36.5 Å². The van der Waals surface area contributed by atoms with Crippen molar-refractivity contribution in [3.05, 3.63) is 36.5 Å². The molecule has 1 aliphatic carbocycles. The van der Waals surface area contributed by atoms with Gasteiger partial charge in [0.15, 0.2) is 11.6 Å². The maximum absolute atomic E-state index is 12.5. The van der Waals surface area contributed by atoms with Gasteiger partial charge < -0.3 is 14.9 Å². The predicted molar refractivity (Wildman–Crippen MR) is 102 cm³/mol. The van der Waals surface area contributed by atoms with E-state index in [4.69, 9.17) is 4.74 Å². The molecule has 4 atom stereocenters. The molecule has 0 saturated heterocycles. The van der Waals surface area contributed by atoms with Crippen LogP contribution in [-0.4, -0.2) is 45.9 Å². The van der Waals surface area contributed by atoms with E-state index in [1.807, 2.05) is 0 Å². The molecular weight excluding hydrogens is 364 g/mol. The Bertz CT molecular complexity index is 718. The summed E-state index contributed by atoms with van der Waals surface area (Å²) in [7, 11) is 0. The van der Waals surface area contributed by atoms with Crippen molar-refractivity contribution in [3.63, 3.8) is 0 Å². The van der Waals surface area contributed by atoms with E-state index in [0.717, 1.165) is 0 Å². The summed E-state index contributed by atoms with van der Waals surface area (Å²) in [4.78, 5) is 48.2. The second-order valence-electron chi connectivity index (χ2n) is 7.43. The highest BCUT2D eigenvalue weighted by Crippen LogP contribution is 2.30. The second-order valence-corrected chi connectivity index (χ2v) is 7.43. The first-order valence-electron chi connectivity index (χ1n) is 9.07. The van der Waals surface area contributed by atoms with Crippen LogP contribution in [0.25, 0.3) is 0 Å². The average Bonchev–Trinajstić information content (AvgIpc) is 2.64. The van der Waals surface area contributed by atoms with E-state index >= 15 is 0 Å². The largest absolute Gasteiger partial charge is 0.481 e. The summed E-state index contributed by atoms with van der Waals surface area (Å²) in [5.74, 6) is -5.82. The van der Waals surface area contributed by atoms with Gasteiger partial charge in [-0.2, -0.15) is 0 Å². The Hall–Kier alpha value is -2.54. The molecule has 0 aromatic rings. The molecule has 0 fully saturated rings. The van der Waals surface area contributed by atoms with Gasteiger partial charge in [0.2, 0.25) is 0 Å². The lowest BCUT2D eigenvalue weighted by atomic mass is 9.79. The summed E-state index contributed by atoms with van der Waals surface area (Å²) in [5, 5.41) is 20.3. The number of carboxylic acids is 1. The molecule has 0 heterocycles. The zero-order valence-corrected chi connectivity index (χ0v) is 16.6. The lowest BCUT2D eigenvalue weighted by molar-refractivity contribution is -0.166. The molecule has 0 aromatic carbocycles. The molecule has 0 amide bonds. The SMILES string of the molecule is C=C(C)C(=O)CC(O)(COC(=O)C1C=CCCC1C(=O)O)C(C)C(=O)C(=C)C. The standard InChI is InChI=1S/C21H28O7/c1-12(2)17(22)10-21(27,14(5)18(23)13(3)4)11-28-20(26)16-9-7-6-8-15(16)19(24)25/h7,9,14-16,27H,1,3,6,8,10-11H2,2,4-5H3,(H,24,25). The van der Waals surface area contributed by atoms with Gasteiger partial charge in [-0.1, -0.05) is 32.2 Å². The molecule has 154 valence electrons. The average molecular weight is 392 g/mol. The number of aliphatic hydroxyl groups is 1. The van der Waals surface area contributed by atoms with Gasteiger partial charge in [0.1, 0.15) is 12.2 Å². The van der Waals surface area contributed by atoms with E-state index in [0.29, 0.717) is 12.8 Å². The van der Waals surface area contributed by atoms with Gasteiger partial charge >= 0.3 is 11.9 Å². The number of carbonyl (C=O) groups excluding carboxylic acids is 3. The molecule has 28 heavy (non-hydrogen) atoms. The predicted octanol–water partition coefficient (Wildman–Crippen LogP) is 2.24. The van der Waals surface area contributed by atoms with Gasteiger partial charge in [0, 0.05) is 6.42 Å². The number of ether oxygens (including phenoxy) is 1. The van der Waals surface area contributed by atoms with Crippen LogP contribution >= 0.6 is 0 Å². The number of hydrogen-bond acceptors (Lipinski definition) is 6. The quantitative estimate of drug-likeness (QED) is 0.332. The van der Waals surface area contributed by atoms with E-state index in [2.05, 4.69) is 13.2 Å². The van der Waals surface area contributed by atoms with Crippen molar-refractivity contribution in [2.24, 2.45) is 17.8 Å². The van der Waals surface area contributed by atoms with E-state index < -0.39 is 59.9 Å². The van der Waals surface area contributed by atoms with Crippen molar-refractivity contribution in [3.8, 4) is 0 Å². The number of Topliss-reactive ketones (excluding diaryl/α,β-unsaturated/α-hetero) is 2. The van der Waals surface area contributed by atoms with E-state index in [-0.39, 0.29) is 11.1 Å². The van der Waals surface area contributed by atoms with Gasteiger partial charge in [-0.15, -0.1) is 0 Å². The topological polar surface area (TPSA) is 118 Å². The van der Waals surface area contributed by atoms with E-state index in [1.54, 1.807) is 6.08 Å². The highest BCUT2D eigenvalue weighted by molar-refractivity contribution is 5.99. The minimum absolute atomic E-state index is 0.195. The lowest BCUT2D eigenvalue weighted by Gasteiger charge is -2.33. The Kier molecular flexibility index (Phi) is 8.05. The van der Waals surface area contributed by atoms with Crippen molar-refractivity contribution in [2.75, 3.05) is 6.61 Å². The van der Waals surface area contributed by atoms with Crippen LogP contribution in [0.5, 0.6) is 0 Å². The minimum Gasteiger partial charge on any atom is -0.481 e. The fourth-order valence-electron chi connectivity index (χ4n) is 3.02. The molecule has 4 unspecified atom stereocenters. The van der Waals surface area contributed by atoms with E-state index in [1.165, 1.54) is 26.8 Å². The first-order chi connectivity index (χ1) is 12.9. The molecule has 2 N–H and O–H groups in total. The molecule has 0 saturated carbocycles. The zero-order chi connectivity index (χ0) is 21.6. The van der Waals surface area contributed by atoms with Crippen LogP contribution in [0.4, 0.5) is 0 Å². The van der Waals surface area contributed by atoms with E-state index in [9.17, 15) is 29.4 Å².